The summed E-state index contributed by atoms with van der Waals surface area (Å²) in [5.41, 5.74) is 6.01. The fourth-order valence-corrected chi connectivity index (χ4v) is 4.89. The lowest BCUT2D eigenvalue weighted by molar-refractivity contribution is -0.145. The maximum Gasteiger partial charge on any atom is 0.343 e. The smallest absolute Gasteiger partial charge is 0.343 e. The average Bonchev–Trinajstić information content (AvgIpc) is 3.74. The van der Waals surface area contributed by atoms with Crippen molar-refractivity contribution in [3.63, 3.8) is 0 Å². The molecule has 0 fully saturated rings. The molecular weight excluding hydrogens is 572 g/mol. The Balaban J connectivity index is 1.21. The van der Waals surface area contributed by atoms with Crippen LogP contribution in [-0.2, 0) is 20.8 Å². The van der Waals surface area contributed by atoms with Crippen molar-refractivity contribution in [3.8, 4) is 28.5 Å². The summed E-state index contributed by atoms with van der Waals surface area (Å²) in [7, 11) is 0. The number of benzene rings is 4. The summed E-state index contributed by atoms with van der Waals surface area (Å²) in [6.45, 7) is 2.10. The molecule has 1 N–H and O–H groups in total. The highest BCUT2D eigenvalue weighted by atomic mass is 16.7. The standard InChI is InChI=1S/C34H28N6O5/c1-2-43-34-35-29-14-8-13-28(33(42)45-22-44-30(41)20-17-23-9-4-3-5-10-23)31(29)40(34)21-24-15-18-25(19-16-24)26-11-6-7-12-27(26)32-36-38-39-37-32/h3-20H,2,21-22H2,1H3,(H,36,37,38,39). The lowest BCUT2D eigenvalue weighted by Crippen LogP contribution is -2.13. The number of H-pyrrole nitrogens is 1. The Morgan fingerprint density at radius 2 is 1.64 bits per heavy atom. The van der Waals surface area contributed by atoms with Gasteiger partial charge in [-0.2, -0.15) is 10.2 Å². The SMILES string of the molecule is CCOc1nc2cccc(C(=O)OCOC(=O)C=Cc3ccccc3)c2n1Cc1ccc(-c2ccccc2-c2nn[nH]n2)cc1. The van der Waals surface area contributed by atoms with Crippen LogP contribution in [0.4, 0.5) is 0 Å². The summed E-state index contributed by atoms with van der Waals surface area (Å²) in [6.07, 6.45) is 2.90. The summed E-state index contributed by atoms with van der Waals surface area (Å²) in [4.78, 5) is 29.9. The van der Waals surface area contributed by atoms with Gasteiger partial charge in [0.15, 0.2) is 0 Å². The van der Waals surface area contributed by atoms with Crippen LogP contribution in [0.5, 0.6) is 6.01 Å². The van der Waals surface area contributed by atoms with E-state index in [-0.39, 0.29) is 5.56 Å². The van der Waals surface area contributed by atoms with Gasteiger partial charge in [0.05, 0.1) is 29.7 Å². The third-order valence-corrected chi connectivity index (χ3v) is 6.95. The van der Waals surface area contributed by atoms with Crippen LogP contribution in [0.15, 0.2) is 103 Å². The number of esters is 2. The molecular formula is C34H28N6O5. The number of para-hydroxylation sites is 1. The van der Waals surface area contributed by atoms with Crippen LogP contribution >= 0.6 is 0 Å². The maximum absolute atomic E-state index is 13.2. The predicted molar refractivity (Wildman–Crippen MR) is 167 cm³/mol. The predicted octanol–water partition coefficient (Wildman–Crippen LogP) is 5.70. The van der Waals surface area contributed by atoms with Crippen LogP contribution in [0.25, 0.3) is 39.6 Å². The molecule has 0 aliphatic heterocycles. The van der Waals surface area contributed by atoms with E-state index < -0.39 is 18.7 Å². The van der Waals surface area contributed by atoms with Crippen molar-refractivity contribution >= 4 is 29.0 Å². The second-order valence-corrected chi connectivity index (χ2v) is 9.82. The Hall–Kier alpha value is -6.10. The van der Waals surface area contributed by atoms with Gasteiger partial charge < -0.3 is 14.2 Å². The van der Waals surface area contributed by atoms with Gasteiger partial charge in [-0.1, -0.05) is 84.9 Å². The van der Waals surface area contributed by atoms with Crippen molar-refractivity contribution in [2.45, 2.75) is 13.5 Å². The van der Waals surface area contributed by atoms with E-state index in [0.717, 1.165) is 27.8 Å². The summed E-state index contributed by atoms with van der Waals surface area (Å²) in [6, 6.07) is 30.8. The zero-order valence-electron chi connectivity index (χ0n) is 24.3. The van der Waals surface area contributed by atoms with Gasteiger partial charge in [-0.25, -0.2) is 9.59 Å². The van der Waals surface area contributed by atoms with Gasteiger partial charge in [0.2, 0.25) is 12.6 Å². The first kappa shape index (κ1) is 29.0. The zero-order chi connectivity index (χ0) is 31.0. The Morgan fingerprint density at radius 3 is 2.40 bits per heavy atom. The molecule has 0 aliphatic rings. The molecule has 6 aromatic rings. The van der Waals surface area contributed by atoms with Gasteiger partial charge in [-0.15, -0.1) is 10.2 Å². The Kier molecular flexibility index (Phi) is 8.68. The van der Waals surface area contributed by atoms with Gasteiger partial charge >= 0.3 is 11.9 Å². The molecule has 0 unspecified atom stereocenters. The zero-order valence-corrected chi connectivity index (χ0v) is 24.3. The van der Waals surface area contributed by atoms with E-state index in [4.69, 9.17) is 14.2 Å². The van der Waals surface area contributed by atoms with Crippen molar-refractivity contribution < 1.29 is 23.8 Å². The van der Waals surface area contributed by atoms with Crippen LogP contribution in [0.1, 0.15) is 28.4 Å². The third kappa shape index (κ3) is 6.62. The largest absolute Gasteiger partial charge is 0.465 e. The van der Waals surface area contributed by atoms with E-state index in [2.05, 4.69) is 25.6 Å². The summed E-state index contributed by atoms with van der Waals surface area (Å²) in [5.74, 6) is -0.770. The number of carbonyl (C=O) groups is 2. The van der Waals surface area contributed by atoms with Gasteiger partial charge in [0.1, 0.15) is 0 Å². The quantitative estimate of drug-likeness (QED) is 0.113. The second-order valence-electron chi connectivity index (χ2n) is 9.82. The average molecular weight is 601 g/mol. The molecule has 0 saturated heterocycles. The van der Waals surface area contributed by atoms with Gasteiger partial charge in [0.25, 0.3) is 6.01 Å². The van der Waals surface area contributed by atoms with Crippen LogP contribution < -0.4 is 4.74 Å². The van der Waals surface area contributed by atoms with Crippen LogP contribution in [0.2, 0.25) is 0 Å². The summed E-state index contributed by atoms with van der Waals surface area (Å²) < 4.78 is 18.1. The molecule has 2 aromatic heterocycles. The molecule has 0 aliphatic carbocycles. The molecule has 0 radical (unpaired) electrons. The van der Waals surface area contributed by atoms with Gasteiger partial charge in [-0.05, 0) is 52.6 Å². The first-order valence-corrected chi connectivity index (χ1v) is 14.2. The molecule has 2 heterocycles. The highest BCUT2D eigenvalue weighted by Gasteiger charge is 2.21. The number of rotatable bonds is 11. The van der Waals surface area contributed by atoms with Crippen LogP contribution in [0.3, 0.4) is 0 Å². The monoisotopic (exact) mass is 600 g/mol. The lowest BCUT2D eigenvalue weighted by atomic mass is 9.98. The molecule has 224 valence electrons. The number of aromatic amines is 1. The molecule has 0 atom stereocenters. The minimum Gasteiger partial charge on any atom is -0.465 e. The number of ether oxygens (including phenoxy) is 3. The van der Waals surface area contributed by atoms with Gasteiger partial charge in [0, 0.05) is 11.6 Å². The van der Waals surface area contributed by atoms with Crippen molar-refractivity contribution in [1.82, 2.24) is 30.2 Å². The fourth-order valence-electron chi connectivity index (χ4n) is 4.89. The first-order chi connectivity index (χ1) is 22.1. The van der Waals surface area contributed by atoms with E-state index in [1.165, 1.54) is 6.08 Å². The van der Waals surface area contributed by atoms with E-state index in [1.807, 2.05) is 90.4 Å². The van der Waals surface area contributed by atoms with Crippen molar-refractivity contribution in [1.29, 1.82) is 0 Å². The second kappa shape index (κ2) is 13.5. The van der Waals surface area contributed by atoms with Crippen molar-refractivity contribution in [3.05, 3.63) is 120 Å². The Bertz CT molecular complexity index is 1950. The highest BCUT2D eigenvalue weighted by molar-refractivity contribution is 6.02. The molecule has 45 heavy (non-hydrogen) atoms. The summed E-state index contributed by atoms with van der Waals surface area (Å²) in [5, 5.41) is 14.4. The molecule has 0 bridgehead atoms. The van der Waals surface area contributed by atoms with Crippen LogP contribution in [0, 0.1) is 0 Å². The molecule has 0 saturated carbocycles. The fraction of sp³-hybridized carbons (Fsp3) is 0.118. The third-order valence-electron chi connectivity index (χ3n) is 6.95. The Morgan fingerprint density at radius 1 is 0.867 bits per heavy atom. The molecule has 0 amide bonds. The van der Waals surface area contributed by atoms with Gasteiger partial charge in [-0.3, -0.25) is 4.57 Å². The number of imidazole rings is 1. The lowest BCUT2D eigenvalue weighted by Gasteiger charge is -2.13. The molecule has 0 spiro atoms. The molecule has 6 rings (SSSR count). The minimum absolute atomic E-state index is 0.271. The van der Waals surface area contributed by atoms with Crippen molar-refractivity contribution in [2.24, 2.45) is 0 Å². The number of tetrazole rings is 1. The minimum atomic E-state index is -0.655. The Labute approximate surface area is 258 Å². The van der Waals surface area contributed by atoms with E-state index in [0.29, 0.717) is 36.0 Å². The number of carbonyl (C=O) groups excluding carboxylic acids is 2. The number of hydrogen-bond donors (Lipinski definition) is 1. The number of fused-ring (bicyclic) bond motifs is 1. The molecule has 4 aromatic carbocycles. The van der Waals surface area contributed by atoms with E-state index >= 15 is 0 Å². The summed E-state index contributed by atoms with van der Waals surface area (Å²) >= 11 is 0. The number of nitrogens with zero attached hydrogens (tertiary/aromatic N) is 5. The number of nitrogens with one attached hydrogen (secondary N) is 1. The number of hydrogen-bond acceptors (Lipinski definition) is 9. The highest BCUT2D eigenvalue weighted by Crippen LogP contribution is 2.31. The maximum atomic E-state index is 13.2. The number of aromatic nitrogens is 6. The normalized spacial score (nSPS) is 11.1. The van der Waals surface area contributed by atoms with Crippen LogP contribution in [-0.4, -0.2) is 55.5 Å². The van der Waals surface area contributed by atoms with E-state index in [9.17, 15) is 9.59 Å². The molecule has 11 heteroatoms. The molecule has 11 nitrogen and oxygen atoms in total. The first-order valence-electron chi connectivity index (χ1n) is 14.2. The van der Waals surface area contributed by atoms with E-state index in [1.54, 1.807) is 24.3 Å². The van der Waals surface area contributed by atoms with Crippen molar-refractivity contribution in [2.75, 3.05) is 13.4 Å². The topological polar surface area (TPSA) is 134 Å².